The summed E-state index contributed by atoms with van der Waals surface area (Å²) in [5.41, 5.74) is 0. The average Bonchev–Trinajstić information content (AvgIpc) is 2.59. The standard InChI is InChI=1S/C22H46Br2Te/c1-3-5-7-9-11-13-15-17-19-21-25(23,24)22-20-18-16-14-12-10-8-6-4-2/h3-22H2,1-2H3. The molecule has 0 amide bonds. The molecule has 0 aliphatic heterocycles. The van der Waals surface area contributed by atoms with Crippen molar-refractivity contribution in [1.82, 2.24) is 0 Å². The van der Waals surface area contributed by atoms with Crippen molar-refractivity contribution in [2.24, 2.45) is 0 Å². The van der Waals surface area contributed by atoms with Gasteiger partial charge in [0.2, 0.25) is 0 Å². The molecule has 0 saturated carbocycles. The fourth-order valence-corrected chi connectivity index (χ4v) is 13.7. The van der Waals surface area contributed by atoms with Gasteiger partial charge in [-0.05, 0) is 0 Å². The molecular weight excluding hydrogens is 552 g/mol. The molecule has 0 aromatic carbocycles. The van der Waals surface area contributed by atoms with Gasteiger partial charge in [0.1, 0.15) is 0 Å². The zero-order valence-corrected chi connectivity index (χ0v) is 22.8. The second kappa shape index (κ2) is 20.5. The number of hydrogen-bond acceptors (Lipinski definition) is 0. The molecule has 0 heterocycles. The zero-order valence-electron chi connectivity index (χ0n) is 17.3. The van der Waals surface area contributed by atoms with Gasteiger partial charge >= 0.3 is 178 Å². The van der Waals surface area contributed by atoms with Gasteiger partial charge in [-0.25, -0.2) is 0 Å². The molecule has 0 aliphatic rings. The first-order valence-corrected chi connectivity index (χ1v) is 25.0. The molecule has 0 rings (SSSR count). The van der Waals surface area contributed by atoms with E-state index in [2.05, 4.69) is 39.4 Å². The summed E-state index contributed by atoms with van der Waals surface area (Å²) in [7, 11) is 0. The molecule has 0 aromatic heterocycles. The molecular formula is C22H46Br2Te. The summed E-state index contributed by atoms with van der Waals surface area (Å²) in [5, 5.41) is 0. The fraction of sp³-hybridized carbons (Fsp3) is 1.00. The fourth-order valence-electron chi connectivity index (χ4n) is 3.35. The Morgan fingerprint density at radius 3 is 0.920 bits per heavy atom. The third-order valence-electron chi connectivity index (χ3n) is 5.09. The van der Waals surface area contributed by atoms with Crippen molar-refractivity contribution in [3.63, 3.8) is 0 Å². The Hall–Kier alpha value is 1.75. The third-order valence-corrected chi connectivity index (χ3v) is 18.8. The van der Waals surface area contributed by atoms with Crippen LogP contribution in [-0.4, -0.2) is 13.8 Å². The van der Waals surface area contributed by atoms with Crippen molar-refractivity contribution in [1.29, 1.82) is 0 Å². The minimum absolute atomic E-state index is 1.36. The van der Waals surface area contributed by atoms with Crippen LogP contribution in [0.25, 0.3) is 0 Å². The summed E-state index contributed by atoms with van der Waals surface area (Å²) < 4.78 is 2.94. The predicted molar refractivity (Wildman–Crippen MR) is 128 cm³/mol. The summed E-state index contributed by atoms with van der Waals surface area (Å²) in [5.74, 6) is 0. The maximum absolute atomic E-state index is 4.11. The Morgan fingerprint density at radius 1 is 0.400 bits per heavy atom. The molecule has 0 spiro atoms. The molecule has 25 heavy (non-hydrogen) atoms. The van der Waals surface area contributed by atoms with E-state index in [0.717, 1.165) is 0 Å². The van der Waals surface area contributed by atoms with E-state index in [1.54, 1.807) is 0 Å². The van der Waals surface area contributed by atoms with Gasteiger partial charge in [-0.3, -0.25) is 0 Å². The number of hydrogen-bond donors (Lipinski definition) is 0. The van der Waals surface area contributed by atoms with Crippen molar-refractivity contribution in [3.05, 3.63) is 0 Å². The number of unbranched alkanes of at least 4 members (excludes halogenated alkanes) is 16. The van der Waals surface area contributed by atoms with Crippen LogP contribution in [0.5, 0.6) is 0 Å². The Kier molecular flexibility index (Phi) is 21.9. The molecule has 0 radical (unpaired) electrons. The van der Waals surface area contributed by atoms with Gasteiger partial charge < -0.3 is 0 Å². The number of rotatable bonds is 20. The van der Waals surface area contributed by atoms with Crippen molar-refractivity contribution in [3.8, 4) is 0 Å². The van der Waals surface area contributed by atoms with Crippen LogP contribution in [0.1, 0.15) is 129 Å². The van der Waals surface area contributed by atoms with Crippen LogP contribution < -0.4 is 0 Å². The summed E-state index contributed by atoms with van der Waals surface area (Å²) in [6.45, 7) is 4.60. The summed E-state index contributed by atoms with van der Waals surface area (Å²) in [4.78, 5) is 0. The quantitative estimate of drug-likeness (QED) is 0.0967. The van der Waals surface area contributed by atoms with Crippen LogP contribution in [0.4, 0.5) is 0 Å². The van der Waals surface area contributed by atoms with Crippen molar-refractivity contribution in [2.75, 3.05) is 0 Å². The van der Waals surface area contributed by atoms with Crippen molar-refractivity contribution < 1.29 is 0 Å². The molecule has 0 aromatic rings. The molecule has 0 fully saturated rings. The molecule has 0 unspecified atom stereocenters. The van der Waals surface area contributed by atoms with Crippen LogP contribution >= 0.6 is 25.5 Å². The van der Waals surface area contributed by atoms with E-state index >= 15 is 0 Å². The summed E-state index contributed by atoms with van der Waals surface area (Å²) in [6.07, 6.45) is 26.0. The second-order valence-corrected chi connectivity index (χ2v) is 36.5. The monoisotopic (exact) mass is 598 g/mol. The Morgan fingerprint density at radius 2 is 0.640 bits per heavy atom. The molecule has 0 saturated heterocycles. The van der Waals surface area contributed by atoms with E-state index in [-0.39, 0.29) is 0 Å². The van der Waals surface area contributed by atoms with Gasteiger partial charge in [-0.15, -0.1) is 0 Å². The van der Waals surface area contributed by atoms with E-state index in [0.29, 0.717) is 0 Å². The summed E-state index contributed by atoms with van der Waals surface area (Å²) in [6, 6.07) is 0. The average molecular weight is 598 g/mol. The Labute approximate surface area is 176 Å². The van der Waals surface area contributed by atoms with Gasteiger partial charge in [0.15, 0.2) is 0 Å². The number of halogens is 2. The van der Waals surface area contributed by atoms with E-state index in [1.807, 2.05) is 0 Å². The maximum atomic E-state index is 4.11. The molecule has 3 heteroatoms. The minimum atomic E-state index is -1.79. The van der Waals surface area contributed by atoms with E-state index in [4.69, 9.17) is 0 Å². The van der Waals surface area contributed by atoms with Gasteiger partial charge in [0, 0.05) is 0 Å². The van der Waals surface area contributed by atoms with Crippen LogP contribution in [0.2, 0.25) is 8.94 Å². The molecule has 154 valence electrons. The first kappa shape index (κ1) is 26.7. The first-order valence-electron chi connectivity index (χ1n) is 11.3. The van der Waals surface area contributed by atoms with Crippen LogP contribution in [0.3, 0.4) is 0 Å². The predicted octanol–water partition coefficient (Wildman–Crippen LogP) is 10.3. The molecule has 0 N–H and O–H groups in total. The van der Waals surface area contributed by atoms with Gasteiger partial charge in [-0.1, -0.05) is 0 Å². The molecule has 0 atom stereocenters. The van der Waals surface area contributed by atoms with E-state index < -0.39 is 13.8 Å². The third kappa shape index (κ3) is 21.9. The van der Waals surface area contributed by atoms with Gasteiger partial charge in [0.25, 0.3) is 0 Å². The van der Waals surface area contributed by atoms with Gasteiger partial charge in [-0.2, -0.15) is 0 Å². The molecule has 0 bridgehead atoms. The van der Waals surface area contributed by atoms with Crippen LogP contribution in [0.15, 0.2) is 0 Å². The van der Waals surface area contributed by atoms with Gasteiger partial charge in [0.05, 0.1) is 0 Å². The normalized spacial score (nSPS) is 12.6. The summed E-state index contributed by atoms with van der Waals surface area (Å²) >= 11 is 6.43. The van der Waals surface area contributed by atoms with E-state index in [1.165, 1.54) is 125 Å². The van der Waals surface area contributed by atoms with Crippen molar-refractivity contribution >= 4 is 39.3 Å². The molecule has 0 nitrogen and oxygen atoms in total. The second-order valence-electron chi connectivity index (χ2n) is 7.76. The van der Waals surface area contributed by atoms with E-state index in [9.17, 15) is 0 Å². The van der Waals surface area contributed by atoms with Crippen molar-refractivity contribution in [2.45, 2.75) is 138 Å². The molecule has 0 aliphatic carbocycles. The SMILES string of the molecule is CCCCCCCCCCC[Te](Br)(Br)CCCCCCCCCCC. The van der Waals surface area contributed by atoms with Crippen LogP contribution in [-0.2, 0) is 0 Å². The zero-order chi connectivity index (χ0) is 18.6. The topological polar surface area (TPSA) is 0 Å². The van der Waals surface area contributed by atoms with Crippen LogP contribution in [0, 0.1) is 0 Å². The Balaban J connectivity index is 3.32. The Bertz CT molecular complexity index is 232. The first-order chi connectivity index (χ1) is 12.1.